The summed E-state index contributed by atoms with van der Waals surface area (Å²) in [6, 6.07) is 17.3. The van der Waals surface area contributed by atoms with E-state index in [0.29, 0.717) is 11.5 Å². The van der Waals surface area contributed by atoms with Crippen LogP contribution < -0.4 is 10.1 Å². The van der Waals surface area contributed by atoms with Crippen LogP contribution in [-0.4, -0.2) is 26.9 Å². The lowest BCUT2D eigenvalue weighted by Crippen LogP contribution is -2.00. The number of aromatic nitrogens is 4. The minimum Gasteiger partial charge on any atom is -0.497 e. The summed E-state index contributed by atoms with van der Waals surface area (Å²) in [4.78, 5) is 8.65. The first kappa shape index (κ1) is 15.4. The van der Waals surface area contributed by atoms with Crippen LogP contribution in [0.4, 0.5) is 11.5 Å². The summed E-state index contributed by atoms with van der Waals surface area (Å²) in [5, 5.41) is 8.61. The van der Waals surface area contributed by atoms with Crippen LogP contribution in [0, 0.1) is 0 Å². The highest BCUT2D eigenvalue weighted by molar-refractivity contribution is 6.28. The third-order valence-corrected chi connectivity index (χ3v) is 3.90. The van der Waals surface area contributed by atoms with Gasteiger partial charge in [-0.2, -0.15) is 15.1 Å². The molecule has 0 atom stereocenters. The Morgan fingerprint density at radius 1 is 1.04 bits per heavy atom. The number of nitrogens with zero attached hydrogens (tertiary/aromatic N) is 4. The molecule has 0 radical (unpaired) electrons. The summed E-state index contributed by atoms with van der Waals surface area (Å²) >= 11 is 6.14. The van der Waals surface area contributed by atoms with E-state index in [1.54, 1.807) is 18.0 Å². The van der Waals surface area contributed by atoms with Gasteiger partial charge in [-0.3, -0.25) is 0 Å². The number of fused-ring (bicyclic) bond motifs is 1. The molecule has 4 rings (SSSR count). The lowest BCUT2D eigenvalue weighted by atomic mass is 10.3. The quantitative estimate of drug-likeness (QED) is 0.558. The zero-order valence-corrected chi connectivity index (χ0v) is 14.1. The van der Waals surface area contributed by atoms with E-state index < -0.39 is 0 Å². The van der Waals surface area contributed by atoms with E-state index in [-0.39, 0.29) is 5.28 Å². The Kier molecular flexibility index (Phi) is 3.95. The van der Waals surface area contributed by atoms with Gasteiger partial charge < -0.3 is 10.1 Å². The lowest BCUT2D eigenvalue weighted by molar-refractivity contribution is 0.415. The molecule has 0 aliphatic heterocycles. The molecule has 0 unspecified atom stereocenters. The van der Waals surface area contributed by atoms with E-state index in [2.05, 4.69) is 20.4 Å². The Morgan fingerprint density at radius 2 is 1.88 bits per heavy atom. The van der Waals surface area contributed by atoms with Crippen molar-refractivity contribution in [1.82, 2.24) is 19.7 Å². The number of hydrogen-bond donors (Lipinski definition) is 1. The van der Waals surface area contributed by atoms with Gasteiger partial charge in [0.25, 0.3) is 0 Å². The fourth-order valence-corrected chi connectivity index (χ4v) is 2.74. The predicted octanol–water partition coefficient (Wildman–Crippen LogP) is 4.22. The van der Waals surface area contributed by atoms with Crippen LogP contribution in [0.5, 0.6) is 5.75 Å². The van der Waals surface area contributed by atoms with Gasteiger partial charge in [0, 0.05) is 11.8 Å². The zero-order valence-electron chi connectivity index (χ0n) is 13.3. The smallest absolute Gasteiger partial charge is 0.226 e. The van der Waals surface area contributed by atoms with E-state index >= 15 is 0 Å². The molecular formula is C18H14ClN5O. The van der Waals surface area contributed by atoms with Crippen molar-refractivity contribution in [3.05, 3.63) is 66.1 Å². The standard InChI is InChI=1S/C18H14ClN5O/c1-25-14-9-5-6-12(10-14)21-16-15-11-20-24(13-7-3-2-4-8-13)17(15)23-18(19)22-16/h2-11H,1H3,(H,21,22,23). The molecule has 6 nitrogen and oxygen atoms in total. The molecule has 0 spiro atoms. The highest BCUT2D eigenvalue weighted by atomic mass is 35.5. The van der Waals surface area contributed by atoms with Crippen LogP contribution in [0.3, 0.4) is 0 Å². The van der Waals surface area contributed by atoms with Crippen molar-refractivity contribution < 1.29 is 4.74 Å². The third-order valence-electron chi connectivity index (χ3n) is 3.73. The molecule has 0 aliphatic rings. The molecule has 124 valence electrons. The van der Waals surface area contributed by atoms with Crippen molar-refractivity contribution in [3.63, 3.8) is 0 Å². The van der Waals surface area contributed by atoms with Gasteiger partial charge in [0.15, 0.2) is 5.65 Å². The summed E-state index contributed by atoms with van der Waals surface area (Å²) in [6.07, 6.45) is 1.72. The molecule has 7 heteroatoms. The molecule has 0 bridgehead atoms. The highest BCUT2D eigenvalue weighted by Crippen LogP contribution is 2.28. The third kappa shape index (κ3) is 2.99. The van der Waals surface area contributed by atoms with Gasteiger partial charge in [-0.1, -0.05) is 24.3 Å². The second-order valence-corrected chi connectivity index (χ2v) is 5.67. The first-order chi connectivity index (χ1) is 12.2. The van der Waals surface area contributed by atoms with Gasteiger partial charge >= 0.3 is 0 Å². The second kappa shape index (κ2) is 6.41. The van der Waals surface area contributed by atoms with Crippen LogP contribution in [0.25, 0.3) is 16.7 Å². The van der Waals surface area contributed by atoms with Crippen molar-refractivity contribution in [2.24, 2.45) is 0 Å². The van der Waals surface area contributed by atoms with E-state index in [1.165, 1.54) is 0 Å². The number of methoxy groups -OCH3 is 1. The van der Waals surface area contributed by atoms with Crippen LogP contribution >= 0.6 is 11.6 Å². The molecule has 2 aromatic heterocycles. The molecule has 2 heterocycles. The van der Waals surface area contributed by atoms with E-state index in [0.717, 1.165) is 22.5 Å². The van der Waals surface area contributed by atoms with Crippen molar-refractivity contribution in [2.45, 2.75) is 0 Å². The molecule has 0 saturated carbocycles. The molecule has 1 N–H and O–H groups in total. The number of nitrogens with one attached hydrogen (secondary N) is 1. The van der Waals surface area contributed by atoms with Crippen LogP contribution in [-0.2, 0) is 0 Å². The summed E-state index contributed by atoms with van der Waals surface area (Å²) in [5.74, 6) is 1.34. The summed E-state index contributed by atoms with van der Waals surface area (Å²) < 4.78 is 6.99. The van der Waals surface area contributed by atoms with Gasteiger partial charge in [-0.15, -0.1) is 0 Å². The average molecular weight is 352 g/mol. The van der Waals surface area contributed by atoms with Crippen molar-refractivity contribution in [3.8, 4) is 11.4 Å². The summed E-state index contributed by atoms with van der Waals surface area (Å²) in [5.41, 5.74) is 2.37. The van der Waals surface area contributed by atoms with Gasteiger partial charge in [-0.25, -0.2) is 4.68 Å². The topological polar surface area (TPSA) is 64.9 Å². The Morgan fingerprint density at radius 3 is 2.68 bits per heavy atom. The van der Waals surface area contributed by atoms with Crippen molar-refractivity contribution >= 4 is 34.1 Å². The van der Waals surface area contributed by atoms with Gasteiger partial charge in [-0.05, 0) is 35.9 Å². The number of anilines is 2. The van der Waals surface area contributed by atoms with E-state index in [9.17, 15) is 0 Å². The molecule has 25 heavy (non-hydrogen) atoms. The Labute approximate surface area is 149 Å². The molecule has 2 aromatic carbocycles. The number of ether oxygens (including phenoxy) is 1. The highest BCUT2D eigenvalue weighted by Gasteiger charge is 2.13. The number of para-hydroxylation sites is 1. The summed E-state index contributed by atoms with van der Waals surface area (Å²) in [7, 11) is 1.63. The normalized spacial score (nSPS) is 10.8. The molecule has 0 fully saturated rings. The maximum absolute atomic E-state index is 6.14. The van der Waals surface area contributed by atoms with Crippen molar-refractivity contribution in [2.75, 3.05) is 12.4 Å². The minimum atomic E-state index is 0.149. The van der Waals surface area contributed by atoms with Crippen LogP contribution in [0.2, 0.25) is 5.28 Å². The Bertz CT molecular complexity index is 1030. The van der Waals surface area contributed by atoms with Crippen LogP contribution in [0.15, 0.2) is 60.8 Å². The Balaban J connectivity index is 1.81. The maximum atomic E-state index is 6.14. The first-order valence-electron chi connectivity index (χ1n) is 7.62. The van der Waals surface area contributed by atoms with E-state index in [1.807, 2.05) is 54.6 Å². The van der Waals surface area contributed by atoms with Crippen molar-refractivity contribution in [1.29, 1.82) is 0 Å². The fourth-order valence-electron chi connectivity index (χ4n) is 2.57. The molecule has 0 amide bonds. The van der Waals surface area contributed by atoms with E-state index in [4.69, 9.17) is 16.3 Å². The SMILES string of the molecule is COc1cccc(Nc2nc(Cl)nc3c2cnn3-c2ccccc2)c1. The monoisotopic (exact) mass is 351 g/mol. The largest absolute Gasteiger partial charge is 0.497 e. The molecule has 4 aromatic rings. The first-order valence-corrected chi connectivity index (χ1v) is 8.00. The number of hydrogen-bond acceptors (Lipinski definition) is 5. The lowest BCUT2D eigenvalue weighted by Gasteiger charge is -2.09. The van der Waals surface area contributed by atoms with Gasteiger partial charge in [0.05, 0.1) is 24.4 Å². The Hall–Kier alpha value is -3.12. The minimum absolute atomic E-state index is 0.149. The van der Waals surface area contributed by atoms with Gasteiger partial charge in [0.1, 0.15) is 11.6 Å². The molecular weight excluding hydrogens is 338 g/mol. The maximum Gasteiger partial charge on any atom is 0.226 e. The second-order valence-electron chi connectivity index (χ2n) is 5.33. The average Bonchev–Trinajstić information content (AvgIpc) is 3.06. The zero-order chi connectivity index (χ0) is 17.2. The number of benzene rings is 2. The number of rotatable bonds is 4. The summed E-state index contributed by atoms with van der Waals surface area (Å²) in [6.45, 7) is 0. The van der Waals surface area contributed by atoms with Gasteiger partial charge in [0.2, 0.25) is 5.28 Å². The fraction of sp³-hybridized carbons (Fsp3) is 0.0556. The number of halogens is 1. The predicted molar refractivity (Wildman–Crippen MR) is 97.9 cm³/mol. The molecule has 0 saturated heterocycles. The van der Waals surface area contributed by atoms with Crippen LogP contribution in [0.1, 0.15) is 0 Å². The molecule has 0 aliphatic carbocycles.